The number of rotatable bonds is 73. The van der Waals surface area contributed by atoms with E-state index in [1.807, 2.05) is 0 Å². The summed E-state index contributed by atoms with van der Waals surface area (Å²) in [5, 5.41) is 23.4. The van der Waals surface area contributed by atoms with Crippen molar-refractivity contribution in [2.24, 2.45) is 0 Å². The molecule has 6 nitrogen and oxygen atoms in total. The second-order valence-corrected chi connectivity index (χ2v) is 26.7. The van der Waals surface area contributed by atoms with Gasteiger partial charge in [0.05, 0.1) is 25.4 Å². The van der Waals surface area contributed by atoms with Crippen LogP contribution in [0.2, 0.25) is 0 Å². The third-order valence-electron chi connectivity index (χ3n) is 18.3. The Labute approximate surface area is 520 Å². The minimum absolute atomic E-state index is 0.0195. The number of hydrogen-bond acceptors (Lipinski definition) is 5. The van der Waals surface area contributed by atoms with Gasteiger partial charge in [0.15, 0.2) is 0 Å². The van der Waals surface area contributed by atoms with Crippen LogP contribution >= 0.6 is 0 Å². The molecule has 2 atom stereocenters. The minimum Gasteiger partial charge on any atom is -0.466 e. The Morgan fingerprint density at radius 1 is 0.325 bits per heavy atom. The van der Waals surface area contributed by atoms with Crippen LogP contribution in [-0.4, -0.2) is 47.4 Å². The van der Waals surface area contributed by atoms with Crippen LogP contribution in [0.3, 0.4) is 0 Å². The first kappa shape index (κ1) is 81.6. The fourth-order valence-corrected chi connectivity index (χ4v) is 12.5. The molecular weight excluding hydrogens is 1020 g/mol. The van der Waals surface area contributed by atoms with Crippen LogP contribution in [-0.2, 0) is 14.3 Å². The quantitative estimate of drug-likeness (QED) is 0.0320. The lowest BCUT2D eigenvalue weighted by Gasteiger charge is -2.22. The summed E-state index contributed by atoms with van der Waals surface area (Å²) in [6, 6.07) is -0.537. The third kappa shape index (κ3) is 69.6. The molecule has 1 amide bonds. The Balaban J connectivity index is 3.30. The molecule has 0 aromatic carbocycles. The van der Waals surface area contributed by atoms with E-state index in [0.29, 0.717) is 25.9 Å². The molecule has 0 heterocycles. The van der Waals surface area contributed by atoms with Gasteiger partial charge in [0.1, 0.15) is 0 Å². The lowest BCUT2D eigenvalue weighted by molar-refractivity contribution is -0.143. The smallest absolute Gasteiger partial charge is 0.305 e. The van der Waals surface area contributed by atoms with E-state index in [0.717, 1.165) is 38.5 Å². The van der Waals surface area contributed by atoms with E-state index in [4.69, 9.17) is 4.74 Å². The van der Waals surface area contributed by atoms with Gasteiger partial charge >= 0.3 is 5.97 Å². The van der Waals surface area contributed by atoms with Gasteiger partial charge in [0, 0.05) is 12.8 Å². The highest BCUT2D eigenvalue weighted by atomic mass is 16.5. The molecular formula is C77H151NO5. The molecule has 3 N–H and O–H groups in total. The van der Waals surface area contributed by atoms with Gasteiger partial charge in [-0.05, 0) is 51.4 Å². The summed E-state index contributed by atoms with van der Waals surface area (Å²) in [4.78, 5) is 24.6. The predicted octanol–water partition coefficient (Wildman–Crippen LogP) is 25.1. The first-order valence-corrected chi connectivity index (χ1v) is 38.4. The number of allylic oxidation sites excluding steroid dienone is 2. The van der Waals surface area contributed by atoms with Crippen molar-refractivity contribution in [3.8, 4) is 0 Å². The van der Waals surface area contributed by atoms with E-state index < -0.39 is 12.1 Å². The number of nitrogens with one attached hydrogen (secondary N) is 1. The van der Waals surface area contributed by atoms with Gasteiger partial charge in [-0.25, -0.2) is 0 Å². The molecule has 494 valence electrons. The standard InChI is InChI=1S/C77H151NO5/c1-3-5-7-9-11-13-15-17-19-21-39-43-47-51-55-59-63-67-71-77(82)83-72-68-64-60-56-52-48-44-40-37-35-33-31-29-27-25-23-22-24-26-28-30-32-34-36-38-42-46-50-54-58-62-66-70-76(81)78-74(73-79)75(80)69-65-61-57-53-49-45-41-20-18-16-14-12-10-8-6-4-2/h19,21,74-75,79-80H,3-18,20,22-73H2,1-2H3,(H,78,81)/b21-19-. The van der Waals surface area contributed by atoms with Gasteiger partial charge in [-0.3, -0.25) is 9.59 Å². The Morgan fingerprint density at radius 2 is 0.566 bits per heavy atom. The van der Waals surface area contributed by atoms with Gasteiger partial charge in [-0.1, -0.05) is 392 Å². The molecule has 6 heteroatoms. The molecule has 2 unspecified atom stereocenters. The van der Waals surface area contributed by atoms with E-state index in [1.54, 1.807) is 0 Å². The molecule has 83 heavy (non-hydrogen) atoms. The van der Waals surface area contributed by atoms with Gasteiger partial charge in [0.25, 0.3) is 0 Å². The fraction of sp³-hybridized carbons (Fsp3) is 0.948. The van der Waals surface area contributed by atoms with E-state index in [1.165, 1.54) is 372 Å². The average Bonchev–Trinajstić information content (AvgIpc) is 3.49. The highest BCUT2D eigenvalue weighted by Crippen LogP contribution is 2.20. The number of esters is 1. The topological polar surface area (TPSA) is 95.9 Å². The van der Waals surface area contributed by atoms with Crippen molar-refractivity contribution < 1.29 is 24.5 Å². The number of carbonyl (C=O) groups excluding carboxylic acids is 2. The van der Waals surface area contributed by atoms with Crippen LogP contribution in [0, 0.1) is 0 Å². The molecule has 0 aromatic heterocycles. The zero-order chi connectivity index (χ0) is 59.9. The first-order chi connectivity index (χ1) is 41.0. The Hall–Kier alpha value is -1.40. The lowest BCUT2D eigenvalue weighted by atomic mass is 10.0. The minimum atomic E-state index is -0.660. The second-order valence-electron chi connectivity index (χ2n) is 26.7. The van der Waals surface area contributed by atoms with Crippen LogP contribution in [0.25, 0.3) is 0 Å². The van der Waals surface area contributed by atoms with Crippen molar-refractivity contribution in [2.75, 3.05) is 13.2 Å². The highest BCUT2D eigenvalue weighted by molar-refractivity contribution is 5.76. The van der Waals surface area contributed by atoms with E-state index >= 15 is 0 Å². The van der Waals surface area contributed by atoms with E-state index in [-0.39, 0.29) is 18.5 Å². The maximum absolute atomic E-state index is 12.5. The Kier molecular flexibility index (Phi) is 71.8. The molecule has 0 bridgehead atoms. The van der Waals surface area contributed by atoms with Crippen molar-refractivity contribution in [3.63, 3.8) is 0 Å². The highest BCUT2D eigenvalue weighted by Gasteiger charge is 2.20. The van der Waals surface area contributed by atoms with Crippen molar-refractivity contribution in [2.45, 2.75) is 456 Å². The lowest BCUT2D eigenvalue weighted by Crippen LogP contribution is -2.45. The summed E-state index contributed by atoms with van der Waals surface area (Å²) in [5.74, 6) is -0.00682. The predicted molar refractivity (Wildman–Crippen MR) is 366 cm³/mol. The molecule has 0 saturated heterocycles. The molecule has 0 aromatic rings. The molecule has 0 aliphatic rings. The van der Waals surface area contributed by atoms with Gasteiger partial charge in [-0.2, -0.15) is 0 Å². The summed E-state index contributed by atoms with van der Waals surface area (Å²) in [6.07, 6.45) is 91.5. The van der Waals surface area contributed by atoms with Gasteiger partial charge < -0.3 is 20.3 Å². The third-order valence-corrected chi connectivity index (χ3v) is 18.3. The molecule has 0 aliphatic heterocycles. The molecule has 0 spiro atoms. The first-order valence-electron chi connectivity index (χ1n) is 38.4. The van der Waals surface area contributed by atoms with Gasteiger partial charge in [0.2, 0.25) is 5.91 Å². The number of aliphatic hydroxyl groups is 2. The van der Waals surface area contributed by atoms with Crippen molar-refractivity contribution in [1.82, 2.24) is 5.32 Å². The maximum atomic E-state index is 12.5. The number of aliphatic hydroxyl groups excluding tert-OH is 2. The monoisotopic (exact) mass is 1170 g/mol. The number of hydrogen-bond donors (Lipinski definition) is 3. The molecule has 0 rings (SSSR count). The number of amides is 1. The molecule has 0 aliphatic carbocycles. The zero-order valence-electron chi connectivity index (χ0n) is 56.7. The van der Waals surface area contributed by atoms with Crippen LogP contribution in [0.4, 0.5) is 0 Å². The number of carbonyl (C=O) groups is 2. The summed E-state index contributed by atoms with van der Waals surface area (Å²) >= 11 is 0. The van der Waals surface area contributed by atoms with E-state index in [2.05, 4.69) is 31.3 Å². The van der Waals surface area contributed by atoms with Gasteiger partial charge in [-0.15, -0.1) is 0 Å². The summed E-state index contributed by atoms with van der Waals surface area (Å²) < 4.78 is 5.51. The molecule has 0 saturated carbocycles. The van der Waals surface area contributed by atoms with Crippen molar-refractivity contribution in [1.29, 1.82) is 0 Å². The van der Waals surface area contributed by atoms with E-state index in [9.17, 15) is 19.8 Å². The summed E-state index contributed by atoms with van der Waals surface area (Å²) in [7, 11) is 0. The largest absolute Gasteiger partial charge is 0.466 e. The second kappa shape index (κ2) is 73.1. The summed E-state index contributed by atoms with van der Waals surface area (Å²) in [5.41, 5.74) is 0. The number of ether oxygens (including phenoxy) is 1. The van der Waals surface area contributed by atoms with Crippen LogP contribution in [0.1, 0.15) is 444 Å². The Morgan fingerprint density at radius 3 is 0.855 bits per heavy atom. The van der Waals surface area contributed by atoms with Crippen LogP contribution in [0.5, 0.6) is 0 Å². The fourth-order valence-electron chi connectivity index (χ4n) is 12.5. The zero-order valence-corrected chi connectivity index (χ0v) is 56.7. The SMILES string of the molecule is CCCCCCCCC/C=C\CCCCCCCCCC(=O)OCCCCCCCCCCCCCCCCCCCCCCCCCCCCCCCCCCC(=O)NC(CO)C(O)CCCCCCCCCCCCCCCCCC. The summed E-state index contributed by atoms with van der Waals surface area (Å²) in [6.45, 7) is 5.00. The number of unbranched alkanes of at least 4 members (excludes halogenated alkanes) is 60. The molecule has 0 radical (unpaired) electrons. The molecule has 0 fully saturated rings. The van der Waals surface area contributed by atoms with Crippen LogP contribution < -0.4 is 5.32 Å². The van der Waals surface area contributed by atoms with Crippen LogP contribution in [0.15, 0.2) is 12.2 Å². The maximum Gasteiger partial charge on any atom is 0.305 e. The normalized spacial score (nSPS) is 12.5. The van der Waals surface area contributed by atoms with Crippen molar-refractivity contribution >= 4 is 11.9 Å². The Bertz CT molecular complexity index is 1260. The van der Waals surface area contributed by atoms with Crippen molar-refractivity contribution in [3.05, 3.63) is 12.2 Å². The average molecular weight is 1170 g/mol.